The van der Waals surface area contributed by atoms with E-state index >= 15 is 0 Å². The number of esters is 1. The predicted molar refractivity (Wildman–Crippen MR) is 41.4 cm³/mol. The number of nitrogens with one attached hydrogen (secondary N) is 2. The summed E-state index contributed by atoms with van der Waals surface area (Å²) in [4.78, 5) is 20.6. The van der Waals surface area contributed by atoms with E-state index in [4.69, 9.17) is 0 Å². The molecule has 0 amide bonds. The molecule has 0 aromatic carbocycles. The lowest BCUT2D eigenvalue weighted by molar-refractivity contribution is -0.151. The van der Waals surface area contributed by atoms with Gasteiger partial charge in [-0.2, -0.15) is 0 Å². The van der Waals surface area contributed by atoms with Crippen LogP contribution in [0.1, 0.15) is 6.42 Å². The van der Waals surface area contributed by atoms with E-state index in [0.717, 1.165) is 19.6 Å². The van der Waals surface area contributed by atoms with Gasteiger partial charge in [-0.15, -0.1) is 0 Å². The molecule has 1 heterocycles. The lowest BCUT2D eigenvalue weighted by Gasteiger charge is -2.22. The molecule has 68 valence electrons. The number of rotatable bonds is 3. The highest BCUT2D eigenvalue weighted by Gasteiger charge is 2.16. The van der Waals surface area contributed by atoms with Gasteiger partial charge < -0.3 is 15.4 Å². The van der Waals surface area contributed by atoms with Crippen LogP contribution in [0.25, 0.3) is 0 Å². The normalized spacial score (nSPS) is 23.2. The van der Waals surface area contributed by atoms with Crippen molar-refractivity contribution < 1.29 is 14.3 Å². The highest BCUT2D eigenvalue weighted by Crippen LogP contribution is 1.95. The first kappa shape index (κ1) is 9.15. The van der Waals surface area contributed by atoms with Crippen molar-refractivity contribution in [1.29, 1.82) is 0 Å². The van der Waals surface area contributed by atoms with Gasteiger partial charge in [0.2, 0.25) is 0 Å². The molecule has 1 aliphatic heterocycles. The Balaban J connectivity index is 2.19. The first-order valence-electron chi connectivity index (χ1n) is 3.90. The lowest BCUT2D eigenvalue weighted by Crippen LogP contribution is -2.49. The van der Waals surface area contributed by atoms with Gasteiger partial charge in [0, 0.05) is 25.7 Å². The molecule has 1 atom stereocenters. The van der Waals surface area contributed by atoms with Crippen molar-refractivity contribution in [2.45, 2.75) is 12.5 Å². The SMILES string of the molecule is O=COC(=O)CC1CNCCN1. The van der Waals surface area contributed by atoms with Crippen LogP contribution in [0.3, 0.4) is 0 Å². The van der Waals surface area contributed by atoms with Crippen LogP contribution in [-0.2, 0) is 14.3 Å². The molecule has 0 saturated carbocycles. The van der Waals surface area contributed by atoms with Gasteiger partial charge in [0.1, 0.15) is 0 Å². The van der Waals surface area contributed by atoms with E-state index in [1.54, 1.807) is 0 Å². The van der Waals surface area contributed by atoms with E-state index in [2.05, 4.69) is 15.4 Å². The molecule has 2 N–H and O–H groups in total. The van der Waals surface area contributed by atoms with Crippen LogP contribution in [0.15, 0.2) is 0 Å². The Hall–Kier alpha value is -0.940. The Bertz CT molecular complexity index is 166. The zero-order valence-electron chi connectivity index (χ0n) is 6.71. The smallest absolute Gasteiger partial charge is 0.314 e. The molecule has 1 fully saturated rings. The van der Waals surface area contributed by atoms with Crippen molar-refractivity contribution in [2.24, 2.45) is 0 Å². The molecular formula is C7H12N2O3. The molecule has 12 heavy (non-hydrogen) atoms. The van der Waals surface area contributed by atoms with Gasteiger partial charge in [0.15, 0.2) is 0 Å². The third-order valence-corrected chi connectivity index (χ3v) is 1.72. The molecule has 1 saturated heterocycles. The summed E-state index contributed by atoms with van der Waals surface area (Å²) in [6.45, 7) is 2.67. The van der Waals surface area contributed by atoms with E-state index < -0.39 is 5.97 Å². The number of piperazine rings is 1. The standard InChI is InChI=1S/C7H12N2O3/c10-5-12-7(11)3-6-4-8-1-2-9-6/h5-6,8-9H,1-4H2. The third kappa shape index (κ3) is 2.98. The average molecular weight is 172 g/mol. The summed E-state index contributed by atoms with van der Waals surface area (Å²) in [7, 11) is 0. The molecule has 0 radical (unpaired) electrons. The summed E-state index contributed by atoms with van der Waals surface area (Å²) in [5.74, 6) is -0.480. The number of hydrogen-bond acceptors (Lipinski definition) is 5. The minimum atomic E-state index is -0.480. The van der Waals surface area contributed by atoms with Crippen molar-refractivity contribution in [1.82, 2.24) is 10.6 Å². The molecule has 5 heteroatoms. The maximum absolute atomic E-state index is 10.8. The monoisotopic (exact) mass is 172 g/mol. The summed E-state index contributed by atoms with van der Waals surface area (Å²) >= 11 is 0. The van der Waals surface area contributed by atoms with E-state index in [0.29, 0.717) is 0 Å². The molecule has 0 bridgehead atoms. The van der Waals surface area contributed by atoms with Gasteiger partial charge in [-0.1, -0.05) is 0 Å². The first-order valence-corrected chi connectivity index (χ1v) is 3.90. The average Bonchev–Trinajstić information content (AvgIpc) is 2.06. The molecule has 0 aliphatic carbocycles. The van der Waals surface area contributed by atoms with Crippen LogP contribution in [0.4, 0.5) is 0 Å². The summed E-state index contributed by atoms with van der Waals surface area (Å²) in [6.07, 6.45) is 0.242. The topological polar surface area (TPSA) is 67.4 Å². The zero-order chi connectivity index (χ0) is 8.81. The number of ether oxygens (including phenoxy) is 1. The summed E-state index contributed by atoms with van der Waals surface area (Å²) in [5.41, 5.74) is 0. The van der Waals surface area contributed by atoms with Crippen molar-refractivity contribution >= 4 is 12.4 Å². The highest BCUT2D eigenvalue weighted by molar-refractivity contribution is 5.76. The molecule has 1 unspecified atom stereocenters. The number of carbonyl (C=O) groups is 2. The summed E-state index contributed by atoms with van der Waals surface area (Å²) < 4.78 is 4.16. The Morgan fingerprint density at radius 2 is 2.42 bits per heavy atom. The van der Waals surface area contributed by atoms with Crippen LogP contribution in [0.5, 0.6) is 0 Å². The molecule has 1 aliphatic rings. The molecule has 0 spiro atoms. The molecule has 0 aromatic rings. The molecule has 1 rings (SSSR count). The molecule has 0 aromatic heterocycles. The maximum Gasteiger partial charge on any atom is 0.314 e. The minimum Gasteiger partial charge on any atom is -0.395 e. The van der Waals surface area contributed by atoms with Gasteiger partial charge in [-0.3, -0.25) is 9.59 Å². The molecule has 5 nitrogen and oxygen atoms in total. The zero-order valence-corrected chi connectivity index (χ0v) is 6.71. The maximum atomic E-state index is 10.8. The van der Waals surface area contributed by atoms with E-state index in [9.17, 15) is 9.59 Å². The lowest BCUT2D eigenvalue weighted by atomic mass is 10.2. The Morgan fingerprint density at radius 1 is 1.58 bits per heavy atom. The Labute approximate surface area is 70.5 Å². The summed E-state index contributed by atoms with van der Waals surface area (Å²) in [6, 6.07) is 0.0891. The fraction of sp³-hybridized carbons (Fsp3) is 0.714. The van der Waals surface area contributed by atoms with Gasteiger partial charge in [0.05, 0.1) is 6.42 Å². The van der Waals surface area contributed by atoms with Crippen LogP contribution in [0, 0.1) is 0 Å². The third-order valence-electron chi connectivity index (χ3n) is 1.72. The van der Waals surface area contributed by atoms with Crippen LogP contribution < -0.4 is 10.6 Å². The fourth-order valence-corrected chi connectivity index (χ4v) is 1.16. The van der Waals surface area contributed by atoms with E-state index in [-0.39, 0.29) is 18.9 Å². The quantitative estimate of drug-likeness (QED) is 0.312. The van der Waals surface area contributed by atoms with E-state index in [1.807, 2.05) is 0 Å². The summed E-state index contributed by atoms with van der Waals surface area (Å²) in [5, 5.41) is 6.25. The van der Waals surface area contributed by atoms with E-state index in [1.165, 1.54) is 0 Å². The Morgan fingerprint density at radius 3 is 3.00 bits per heavy atom. The highest BCUT2D eigenvalue weighted by atomic mass is 16.6. The second kappa shape index (κ2) is 4.84. The number of hydrogen-bond donors (Lipinski definition) is 2. The number of carbonyl (C=O) groups excluding carboxylic acids is 2. The second-order valence-electron chi connectivity index (χ2n) is 2.65. The van der Waals surface area contributed by atoms with Crippen LogP contribution in [0.2, 0.25) is 0 Å². The van der Waals surface area contributed by atoms with Crippen molar-refractivity contribution in [3.63, 3.8) is 0 Å². The van der Waals surface area contributed by atoms with Gasteiger partial charge in [-0.25, -0.2) is 0 Å². The molecular weight excluding hydrogens is 160 g/mol. The predicted octanol–water partition coefficient (Wildman–Crippen LogP) is -1.36. The van der Waals surface area contributed by atoms with Gasteiger partial charge in [-0.05, 0) is 0 Å². The van der Waals surface area contributed by atoms with Gasteiger partial charge >= 0.3 is 12.4 Å². The van der Waals surface area contributed by atoms with Crippen molar-refractivity contribution in [3.8, 4) is 0 Å². The first-order chi connectivity index (χ1) is 5.83. The van der Waals surface area contributed by atoms with Crippen LogP contribution >= 0.6 is 0 Å². The second-order valence-corrected chi connectivity index (χ2v) is 2.65. The van der Waals surface area contributed by atoms with Crippen LogP contribution in [-0.4, -0.2) is 38.1 Å². The van der Waals surface area contributed by atoms with Crippen molar-refractivity contribution in [3.05, 3.63) is 0 Å². The fourth-order valence-electron chi connectivity index (χ4n) is 1.16. The minimum absolute atomic E-state index is 0.0891. The van der Waals surface area contributed by atoms with Crippen molar-refractivity contribution in [2.75, 3.05) is 19.6 Å². The largest absolute Gasteiger partial charge is 0.395 e. The Kier molecular flexibility index (Phi) is 3.69. The van der Waals surface area contributed by atoms with Gasteiger partial charge in [0.25, 0.3) is 0 Å².